The molecule has 10 heteroatoms. The molecule has 5 aromatic rings. The molecule has 192 valence electrons. The molecule has 0 aliphatic carbocycles. The Morgan fingerprint density at radius 2 is 1.71 bits per heavy atom. The van der Waals surface area contributed by atoms with Crippen molar-refractivity contribution in [3.8, 4) is 22.9 Å². The van der Waals surface area contributed by atoms with Crippen LogP contribution in [0.2, 0.25) is 0 Å². The number of benzene rings is 3. The van der Waals surface area contributed by atoms with E-state index in [1.165, 1.54) is 6.26 Å². The standard InChI is InChI=1S/C28H24N4O4S2/c1-19-13-14-21-22(10-6-12-25(21)32-38(34,35)18-20-8-4-3-5-9-20)26(19)36-27-23(11-7-16-29-27)24-15-17-30-28(31-24)37(2)33/h3-17,32H,18H2,1-2H3. The summed E-state index contributed by atoms with van der Waals surface area (Å²) in [6, 6.07) is 23.4. The first-order valence-electron chi connectivity index (χ1n) is 11.7. The van der Waals surface area contributed by atoms with Crippen molar-refractivity contribution in [3.63, 3.8) is 0 Å². The highest BCUT2D eigenvalue weighted by atomic mass is 32.2. The SMILES string of the molecule is Cc1ccc2c(NS(=O)(=O)Cc3ccccc3)cccc2c1Oc1ncccc1-c1ccnc([S+](C)[O-])n1. The molecule has 0 fully saturated rings. The first kappa shape index (κ1) is 25.7. The summed E-state index contributed by atoms with van der Waals surface area (Å²) < 4.78 is 46.9. The van der Waals surface area contributed by atoms with Crippen LogP contribution in [0, 0.1) is 6.92 Å². The fourth-order valence-corrected chi connectivity index (χ4v) is 5.71. The van der Waals surface area contributed by atoms with Crippen molar-refractivity contribution >= 4 is 37.7 Å². The molecule has 1 unspecified atom stereocenters. The Labute approximate surface area is 224 Å². The van der Waals surface area contributed by atoms with Crippen LogP contribution in [0.5, 0.6) is 11.6 Å². The number of nitrogens with zero attached hydrogens (tertiary/aromatic N) is 3. The van der Waals surface area contributed by atoms with Crippen molar-refractivity contribution in [3.05, 3.63) is 102 Å². The minimum absolute atomic E-state index is 0.139. The van der Waals surface area contributed by atoms with E-state index in [0.29, 0.717) is 39.5 Å². The van der Waals surface area contributed by atoms with Crippen LogP contribution in [0.1, 0.15) is 11.1 Å². The Balaban J connectivity index is 1.52. The maximum Gasteiger partial charge on any atom is 0.342 e. The summed E-state index contributed by atoms with van der Waals surface area (Å²) in [5.74, 6) is 0.713. The fraction of sp³-hybridized carbons (Fsp3) is 0.107. The summed E-state index contributed by atoms with van der Waals surface area (Å²) in [7, 11) is -3.66. The summed E-state index contributed by atoms with van der Waals surface area (Å²) in [5.41, 5.74) is 3.13. The second kappa shape index (κ2) is 10.8. The Hall–Kier alpha value is -3.99. The van der Waals surface area contributed by atoms with Crippen LogP contribution in [-0.4, -0.2) is 34.2 Å². The molecule has 3 aromatic carbocycles. The molecule has 1 N–H and O–H groups in total. The van der Waals surface area contributed by atoms with E-state index in [2.05, 4.69) is 19.7 Å². The number of nitrogens with one attached hydrogen (secondary N) is 1. The number of sulfonamides is 1. The van der Waals surface area contributed by atoms with E-state index in [1.807, 2.05) is 49.4 Å². The topological polar surface area (TPSA) is 117 Å². The Morgan fingerprint density at radius 1 is 0.895 bits per heavy atom. The zero-order valence-corrected chi connectivity index (χ0v) is 22.3. The van der Waals surface area contributed by atoms with E-state index < -0.39 is 21.2 Å². The highest BCUT2D eigenvalue weighted by Crippen LogP contribution is 2.38. The van der Waals surface area contributed by atoms with Gasteiger partial charge in [0.1, 0.15) is 12.0 Å². The number of anilines is 1. The summed E-state index contributed by atoms with van der Waals surface area (Å²) in [4.78, 5) is 12.9. The van der Waals surface area contributed by atoms with Gasteiger partial charge in [0.05, 0.1) is 22.7 Å². The number of hydrogen-bond acceptors (Lipinski definition) is 7. The van der Waals surface area contributed by atoms with Gasteiger partial charge in [0.15, 0.2) is 0 Å². The number of hydrogen-bond donors (Lipinski definition) is 1. The molecule has 1 atom stereocenters. The van der Waals surface area contributed by atoms with Crippen molar-refractivity contribution < 1.29 is 17.7 Å². The van der Waals surface area contributed by atoms with E-state index in [9.17, 15) is 13.0 Å². The minimum Gasteiger partial charge on any atom is -0.609 e. The molecular formula is C28H24N4O4S2. The van der Waals surface area contributed by atoms with Gasteiger partial charge in [-0.15, -0.1) is 0 Å². The highest BCUT2D eigenvalue weighted by Gasteiger charge is 2.18. The van der Waals surface area contributed by atoms with Gasteiger partial charge < -0.3 is 9.29 Å². The number of pyridine rings is 1. The summed E-state index contributed by atoms with van der Waals surface area (Å²) in [6.45, 7) is 1.91. The lowest BCUT2D eigenvalue weighted by atomic mass is 10.0. The molecule has 0 saturated carbocycles. The van der Waals surface area contributed by atoms with E-state index >= 15 is 0 Å². The quantitative estimate of drug-likeness (QED) is 0.203. The summed E-state index contributed by atoms with van der Waals surface area (Å²) in [6.07, 6.45) is 4.68. The third kappa shape index (κ3) is 5.62. The monoisotopic (exact) mass is 544 g/mol. The Bertz CT molecular complexity index is 1710. The average Bonchev–Trinajstić information content (AvgIpc) is 2.91. The molecule has 5 rings (SSSR count). The predicted octanol–water partition coefficient (Wildman–Crippen LogP) is 5.47. The van der Waals surface area contributed by atoms with E-state index in [-0.39, 0.29) is 10.9 Å². The van der Waals surface area contributed by atoms with Crippen LogP contribution in [-0.2, 0) is 27.0 Å². The zero-order chi connectivity index (χ0) is 26.7. The Kier molecular flexibility index (Phi) is 7.28. The molecule has 0 aliphatic heterocycles. The number of aryl methyl sites for hydroxylation is 1. The molecule has 0 bridgehead atoms. The minimum atomic E-state index is -3.66. The lowest BCUT2D eigenvalue weighted by Crippen LogP contribution is -2.15. The molecule has 0 amide bonds. The van der Waals surface area contributed by atoms with Gasteiger partial charge in [-0.05, 0) is 42.3 Å². The molecular weight excluding hydrogens is 520 g/mol. The summed E-state index contributed by atoms with van der Waals surface area (Å²) >= 11 is -1.34. The van der Waals surface area contributed by atoms with Crippen molar-refractivity contribution in [1.82, 2.24) is 15.0 Å². The van der Waals surface area contributed by atoms with Gasteiger partial charge >= 0.3 is 5.16 Å². The lowest BCUT2D eigenvalue weighted by molar-refractivity contribution is 0.466. The maximum atomic E-state index is 12.9. The van der Waals surface area contributed by atoms with E-state index in [1.54, 1.807) is 48.8 Å². The fourth-order valence-electron chi connectivity index (χ4n) is 4.05. The van der Waals surface area contributed by atoms with Gasteiger partial charge in [-0.1, -0.05) is 54.6 Å². The van der Waals surface area contributed by atoms with E-state index in [0.717, 1.165) is 10.9 Å². The molecule has 38 heavy (non-hydrogen) atoms. The van der Waals surface area contributed by atoms with Crippen LogP contribution < -0.4 is 9.46 Å². The smallest absolute Gasteiger partial charge is 0.342 e. The number of fused-ring (bicyclic) bond motifs is 1. The number of ether oxygens (including phenoxy) is 1. The van der Waals surface area contributed by atoms with Gasteiger partial charge in [-0.3, -0.25) is 4.72 Å². The van der Waals surface area contributed by atoms with Crippen molar-refractivity contribution in [1.29, 1.82) is 0 Å². The van der Waals surface area contributed by atoms with Crippen molar-refractivity contribution in [2.75, 3.05) is 11.0 Å². The molecule has 2 heterocycles. The first-order valence-corrected chi connectivity index (χ1v) is 14.9. The second-order valence-electron chi connectivity index (χ2n) is 8.60. The normalized spacial score (nSPS) is 12.3. The third-order valence-corrected chi connectivity index (χ3v) is 7.77. The predicted molar refractivity (Wildman–Crippen MR) is 149 cm³/mol. The zero-order valence-electron chi connectivity index (χ0n) is 20.7. The Morgan fingerprint density at radius 3 is 2.50 bits per heavy atom. The van der Waals surface area contributed by atoms with Gasteiger partial charge in [0, 0.05) is 34.3 Å². The van der Waals surface area contributed by atoms with Crippen LogP contribution in [0.15, 0.2) is 96.4 Å². The number of aromatic nitrogens is 3. The largest absolute Gasteiger partial charge is 0.609 e. The van der Waals surface area contributed by atoms with Crippen LogP contribution >= 0.6 is 0 Å². The third-order valence-electron chi connectivity index (χ3n) is 5.81. The second-order valence-corrected chi connectivity index (χ2v) is 11.6. The van der Waals surface area contributed by atoms with Crippen LogP contribution in [0.4, 0.5) is 5.69 Å². The molecule has 8 nitrogen and oxygen atoms in total. The van der Waals surface area contributed by atoms with Gasteiger partial charge in [0.2, 0.25) is 15.9 Å². The van der Waals surface area contributed by atoms with Gasteiger partial charge in [0.25, 0.3) is 0 Å². The van der Waals surface area contributed by atoms with Gasteiger partial charge in [-0.25, -0.2) is 13.4 Å². The van der Waals surface area contributed by atoms with Crippen molar-refractivity contribution in [2.45, 2.75) is 17.8 Å². The molecule has 0 saturated heterocycles. The van der Waals surface area contributed by atoms with Crippen molar-refractivity contribution in [2.24, 2.45) is 0 Å². The summed E-state index contributed by atoms with van der Waals surface area (Å²) in [5, 5.41) is 1.62. The average molecular weight is 545 g/mol. The molecule has 2 aromatic heterocycles. The molecule has 0 radical (unpaired) electrons. The van der Waals surface area contributed by atoms with Crippen LogP contribution in [0.3, 0.4) is 0 Å². The highest BCUT2D eigenvalue weighted by molar-refractivity contribution is 7.92. The van der Waals surface area contributed by atoms with Gasteiger partial charge in [-0.2, -0.15) is 9.97 Å². The number of rotatable bonds is 8. The van der Waals surface area contributed by atoms with Crippen LogP contribution in [0.25, 0.3) is 22.0 Å². The lowest BCUT2D eigenvalue weighted by Gasteiger charge is -2.16. The first-order chi connectivity index (χ1) is 18.3. The maximum absolute atomic E-state index is 12.9. The van der Waals surface area contributed by atoms with E-state index in [4.69, 9.17) is 4.74 Å². The molecule has 0 aliphatic rings. The molecule has 0 spiro atoms.